The smallest absolute Gasteiger partial charge is 0.310 e. The molecule has 1 saturated carbocycles. The predicted octanol–water partition coefficient (Wildman–Crippen LogP) is 3.85. The highest BCUT2D eigenvalue weighted by atomic mass is 16.5. The Morgan fingerprint density at radius 1 is 1.28 bits per heavy atom. The number of hydrogen-bond acceptors (Lipinski definition) is 2. The minimum atomic E-state index is -0.0870. The first kappa shape index (κ1) is 11.8. The molecular formula is C16H20O2. The summed E-state index contributed by atoms with van der Waals surface area (Å²) in [6.45, 7) is 6.39. The van der Waals surface area contributed by atoms with E-state index in [1.165, 1.54) is 35.1 Å². The molecule has 96 valence electrons. The van der Waals surface area contributed by atoms with E-state index in [-0.39, 0.29) is 12.1 Å². The second kappa shape index (κ2) is 4.11. The quantitative estimate of drug-likeness (QED) is 0.739. The van der Waals surface area contributed by atoms with Crippen molar-refractivity contribution in [1.82, 2.24) is 0 Å². The van der Waals surface area contributed by atoms with Crippen LogP contribution in [0.3, 0.4) is 0 Å². The van der Waals surface area contributed by atoms with Crippen molar-refractivity contribution in [2.24, 2.45) is 0 Å². The van der Waals surface area contributed by atoms with Gasteiger partial charge in [0.25, 0.3) is 0 Å². The third kappa shape index (κ3) is 1.94. The Labute approximate surface area is 108 Å². The number of rotatable bonds is 2. The number of esters is 1. The summed E-state index contributed by atoms with van der Waals surface area (Å²) >= 11 is 0. The lowest BCUT2D eigenvalue weighted by atomic mass is 9.85. The molecule has 0 bridgehead atoms. The average Bonchev–Trinajstić information content (AvgIpc) is 3.11. The number of ether oxygens (including phenoxy) is 1. The summed E-state index contributed by atoms with van der Waals surface area (Å²) in [4.78, 5) is 11.6. The number of carbonyl (C=O) groups excluding carboxylic acids is 1. The third-order valence-electron chi connectivity index (χ3n) is 4.08. The van der Waals surface area contributed by atoms with E-state index in [1.54, 1.807) is 0 Å². The summed E-state index contributed by atoms with van der Waals surface area (Å²) in [6.07, 6.45) is 2.98. The minimum absolute atomic E-state index is 0.0857. The molecule has 0 amide bonds. The van der Waals surface area contributed by atoms with Crippen LogP contribution in [0.25, 0.3) is 0 Å². The molecule has 0 saturated heterocycles. The first-order valence-corrected chi connectivity index (χ1v) is 6.92. The topological polar surface area (TPSA) is 26.3 Å². The van der Waals surface area contributed by atoms with E-state index < -0.39 is 0 Å². The molecule has 1 aromatic rings. The van der Waals surface area contributed by atoms with Gasteiger partial charge in [0.2, 0.25) is 0 Å². The number of carbonyl (C=O) groups is 1. The highest BCUT2D eigenvalue weighted by Gasteiger charge is 2.30. The first-order chi connectivity index (χ1) is 8.56. The van der Waals surface area contributed by atoms with Gasteiger partial charge < -0.3 is 4.74 Å². The van der Waals surface area contributed by atoms with Gasteiger partial charge in [-0.15, -0.1) is 0 Å². The van der Waals surface area contributed by atoms with Gasteiger partial charge in [0.05, 0.1) is 6.42 Å². The Morgan fingerprint density at radius 3 is 2.61 bits per heavy atom. The van der Waals surface area contributed by atoms with E-state index in [0.29, 0.717) is 12.3 Å². The normalized spacial score (nSPS) is 22.9. The maximum Gasteiger partial charge on any atom is 0.310 e. The molecule has 0 radical (unpaired) electrons. The van der Waals surface area contributed by atoms with Crippen molar-refractivity contribution in [3.8, 4) is 0 Å². The summed E-state index contributed by atoms with van der Waals surface area (Å²) in [6, 6.07) is 4.60. The molecule has 3 rings (SSSR count). The molecule has 1 atom stereocenters. The van der Waals surface area contributed by atoms with Gasteiger partial charge in [-0.1, -0.05) is 26.0 Å². The van der Waals surface area contributed by atoms with Gasteiger partial charge in [-0.25, -0.2) is 0 Å². The van der Waals surface area contributed by atoms with Crippen LogP contribution in [0.2, 0.25) is 0 Å². The third-order valence-corrected chi connectivity index (χ3v) is 4.08. The molecule has 2 aliphatic rings. The average molecular weight is 244 g/mol. The molecule has 2 heteroatoms. The Kier molecular flexibility index (Phi) is 2.69. The zero-order valence-corrected chi connectivity index (χ0v) is 11.3. The van der Waals surface area contributed by atoms with Crippen LogP contribution in [0.1, 0.15) is 73.8 Å². The minimum Gasteiger partial charge on any atom is -0.458 e. The molecule has 18 heavy (non-hydrogen) atoms. The van der Waals surface area contributed by atoms with E-state index in [4.69, 9.17) is 4.74 Å². The molecule has 1 aromatic carbocycles. The highest BCUT2D eigenvalue weighted by molar-refractivity contribution is 5.76. The highest BCUT2D eigenvalue weighted by Crippen LogP contribution is 2.44. The van der Waals surface area contributed by atoms with Crippen LogP contribution in [0.5, 0.6) is 0 Å². The van der Waals surface area contributed by atoms with Crippen molar-refractivity contribution >= 4 is 5.97 Å². The second-order valence-electron chi connectivity index (χ2n) is 5.92. The molecule has 1 fully saturated rings. The summed E-state index contributed by atoms with van der Waals surface area (Å²) in [5, 5.41) is 0. The van der Waals surface area contributed by atoms with Gasteiger partial charge in [0.1, 0.15) is 6.10 Å². The Balaban J connectivity index is 2.14. The largest absolute Gasteiger partial charge is 0.458 e. The van der Waals surface area contributed by atoms with Gasteiger partial charge in [0, 0.05) is 0 Å². The Hall–Kier alpha value is -1.31. The van der Waals surface area contributed by atoms with Crippen LogP contribution in [0.15, 0.2) is 12.1 Å². The Morgan fingerprint density at radius 2 is 2.00 bits per heavy atom. The van der Waals surface area contributed by atoms with Crippen LogP contribution in [0.4, 0.5) is 0 Å². The maximum atomic E-state index is 11.6. The molecule has 1 heterocycles. The van der Waals surface area contributed by atoms with Crippen LogP contribution in [0, 0.1) is 0 Å². The van der Waals surface area contributed by atoms with Crippen molar-refractivity contribution in [2.75, 3.05) is 0 Å². The molecule has 1 aliphatic carbocycles. The molecule has 1 unspecified atom stereocenters. The SMILES string of the molecule is CC(C)c1cc(C2CC2)cc2c1CC(=O)OC2C. The number of benzene rings is 1. The fourth-order valence-corrected chi connectivity index (χ4v) is 2.92. The van der Waals surface area contributed by atoms with Crippen LogP contribution >= 0.6 is 0 Å². The predicted molar refractivity (Wildman–Crippen MR) is 70.7 cm³/mol. The monoisotopic (exact) mass is 244 g/mol. The number of fused-ring (bicyclic) bond motifs is 1. The summed E-state index contributed by atoms with van der Waals surface area (Å²) in [7, 11) is 0. The fourth-order valence-electron chi connectivity index (χ4n) is 2.92. The molecule has 0 spiro atoms. The number of hydrogen-bond donors (Lipinski definition) is 0. The summed E-state index contributed by atoms with van der Waals surface area (Å²) < 4.78 is 5.36. The van der Waals surface area contributed by atoms with Gasteiger partial charge in [-0.3, -0.25) is 4.79 Å². The molecule has 0 aromatic heterocycles. The van der Waals surface area contributed by atoms with Crippen molar-refractivity contribution in [3.63, 3.8) is 0 Å². The van der Waals surface area contributed by atoms with Crippen LogP contribution < -0.4 is 0 Å². The van der Waals surface area contributed by atoms with Gasteiger partial charge >= 0.3 is 5.97 Å². The zero-order chi connectivity index (χ0) is 12.9. The van der Waals surface area contributed by atoms with Gasteiger partial charge in [-0.05, 0) is 53.9 Å². The lowest BCUT2D eigenvalue weighted by Gasteiger charge is -2.27. The molecule has 1 aliphatic heterocycles. The van der Waals surface area contributed by atoms with Crippen LogP contribution in [-0.2, 0) is 16.0 Å². The van der Waals surface area contributed by atoms with Gasteiger partial charge in [0.15, 0.2) is 0 Å². The Bertz CT molecular complexity index is 481. The first-order valence-electron chi connectivity index (χ1n) is 6.92. The van der Waals surface area contributed by atoms with Crippen molar-refractivity contribution < 1.29 is 9.53 Å². The van der Waals surface area contributed by atoms with E-state index in [9.17, 15) is 4.79 Å². The van der Waals surface area contributed by atoms with Crippen molar-refractivity contribution in [3.05, 3.63) is 34.4 Å². The standard InChI is InChI=1S/C16H20O2/c1-9(2)13-6-12(11-4-5-11)7-14-10(3)18-16(17)8-15(13)14/h6-7,9-11H,4-5,8H2,1-3H3. The molecule has 0 N–H and O–H groups in total. The molecule has 2 nitrogen and oxygen atoms in total. The lowest BCUT2D eigenvalue weighted by Crippen LogP contribution is -2.22. The summed E-state index contributed by atoms with van der Waals surface area (Å²) in [5.74, 6) is 1.13. The van der Waals surface area contributed by atoms with Crippen molar-refractivity contribution in [2.45, 2.75) is 58.0 Å². The second-order valence-corrected chi connectivity index (χ2v) is 5.92. The number of cyclic esters (lactones) is 1. The maximum absolute atomic E-state index is 11.6. The zero-order valence-electron chi connectivity index (χ0n) is 11.3. The molecular weight excluding hydrogens is 224 g/mol. The lowest BCUT2D eigenvalue weighted by molar-refractivity contribution is -0.149. The van der Waals surface area contributed by atoms with Gasteiger partial charge in [-0.2, -0.15) is 0 Å². The van der Waals surface area contributed by atoms with E-state index in [2.05, 4.69) is 26.0 Å². The van der Waals surface area contributed by atoms with Crippen LogP contribution in [-0.4, -0.2) is 5.97 Å². The van der Waals surface area contributed by atoms with E-state index >= 15 is 0 Å². The van der Waals surface area contributed by atoms with E-state index in [1.807, 2.05) is 6.92 Å². The van der Waals surface area contributed by atoms with Crippen molar-refractivity contribution in [1.29, 1.82) is 0 Å². The van der Waals surface area contributed by atoms with E-state index in [0.717, 1.165) is 5.92 Å². The fraction of sp³-hybridized carbons (Fsp3) is 0.562. The summed E-state index contributed by atoms with van der Waals surface area (Å²) in [5.41, 5.74) is 5.25.